The van der Waals surface area contributed by atoms with Gasteiger partial charge in [0.25, 0.3) is 0 Å². The molecule has 0 aliphatic carbocycles. The maximum atomic E-state index is 13.6. The number of benzene rings is 3. The highest BCUT2D eigenvalue weighted by Gasteiger charge is 2.19. The molecule has 5 rings (SSSR count). The molecular formula is C30H28O5. The van der Waals surface area contributed by atoms with Gasteiger partial charge in [0.05, 0.1) is 24.2 Å². The monoisotopic (exact) mass is 468 g/mol. The molecule has 1 aliphatic rings. The second-order valence-electron chi connectivity index (χ2n) is 8.62. The molecule has 0 amide bonds. The summed E-state index contributed by atoms with van der Waals surface area (Å²) in [6.45, 7) is 9.28. The van der Waals surface area contributed by atoms with Crippen molar-refractivity contribution >= 4 is 17.0 Å². The zero-order valence-corrected chi connectivity index (χ0v) is 20.1. The smallest absolute Gasteiger partial charge is 0.200 e. The Morgan fingerprint density at radius 1 is 1.00 bits per heavy atom. The zero-order valence-electron chi connectivity index (χ0n) is 20.1. The van der Waals surface area contributed by atoms with Crippen molar-refractivity contribution in [3.05, 3.63) is 93.9 Å². The van der Waals surface area contributed by atoms with Crippen LogP contribution in [0.4, 0.5) is 0 Å². The van der Waals surface area contributed by atoms with Crippen LogP contribution in [-0.2, 0) is 13.0 Å². The lowest BCUT2D eigenvalue weighted by molar-refractivity contribution is 0.297. The summed E-state index contributed by atoms with van der Waals surface area (Å²) in [5.41, 5.74) is 4.81. The van der Waals surface area contributed by atoms with Gasteiger partial charge in [0.15, 0.2) is 11.5 Å². The number of ether oxygens (including phenoxy) is 3. The third-order valence-corrected chi connectivity index (χ3v) is 6.28. The molecule has 2 heterocycles. The molecule has 0 fully saturated rings. The molecule has 0 atom stereocenters. The molecule has 4 aromatic rings. The van der Waals surface area contributed by atoms with Crippen molar-refractivity contribution in [3.8, 4) is 28.4 Å². The first-order chi connectivity index (χ1) is 17.1. The van der Waals surface area contributed by atoms with Crippen molar-refractivity contribution in [1.82, 2.24) is 0 Å². The molecule has 1 aliphatic heterocycles. The van der Waals surface area contributed by atoms with Crippen molar-refractivity contribution in [2.45, 2.75) is 33.3 Å². The number of hydrogen-bond donors (Lipinski definition) is 0. The Morgan fingerprint density at radius 3 is 2.51 bits per heavy atom. The molecule has 0 saturated carbocycles. The van der Waals surface area contributed by atoms with Crippen LogP contribution in [-0.4, -0.2) is 13.2 Å². The van der Waals surface area contributed by atoms with Gasteiger partial charge in [-0.25, -0.2) is 0 Å². The fourth-order valence-electron chi connectivity index (χ4n) is 4.35. The second-order valence-corrected chi connectivity index (χ2v) is 8.62. The summed E-state index contributed by atoms with van der Waals surface area (Å²) in [6, 6.07) is 17.4. The lowest BCUT2D eigenvalue weighted by Crippen LogP contribution is -2.09. The fraction of sp³-hybridized carbons (Fsp3) is 0.233. The molecule has 178 valence electrons. The molecule has 0 spiro atoms. The van der Waals surface area contributed by atoms with Gasteiger partial charge in [0, 0.05) is 12.5 Å². The Balaban J connectivity index is 1.51. The minimum absolute atomic E-state index is 0.0699. The van der Waals surface area contributed by atoms with Gasteiger partial charge in [-0.2, -0.15) is 0 Å². The van der Waals surface area contributed by atoms with E-state index in [0.717, 1.165) is 40.8 Å². The summed E-state index contributed by atoms with van der Waals surface area (Å²) in [4.78, 5) is 13.6. The Hall–Kier alpha value is -3.99. The molecule has 3 aromatic carbocycles. The van der Waals surface area contributed by atoms with Crippen molar-refractivity contribution in [2.24, 2.45) is 0 Å². The van der Waals surface area contributed by atoms with Gasteiger partial charge < -0.3 is 18.6 Å². The summed E-state index contributed by atoms with van der Waals surface area (Å²) in [7, 11) is 0. The van der Waals surface area contributed by atoms with Crippen LogP contribution in [0.1, 0.15) is 35.8 Å². The number of rotatable bonds is 6. The molecule has 0 unspecified atom stereocenters. The molecule has 5 heteroatoms. The maximum Gasteiger partial charge on any atom is 0.200 e. The first-order valence-corrected chi connectivity index (χ1v) is 11.9. The van der Waals surface area contributed by atoms with Gasteiger partial charge in [0.2, 0.25) is 5.43 Å². The van der Waals surface area contributed by atoms with E-state index >= 15 is 0 Å². The first kappa shape index (κ1) is 22.8. The van der Waals surface area contributed by atoms with Crippen LogP contribution in [0, 0.1) is 6.92 Å². The summed E-state index contributed by atoms with van der Waals surface area (Å²) in [5, 5.41) is 0.539. The van der Waals surface area contributed by atoms with E-state index in [1.54, 1.807) is 0 Å². The van der Waals surface area contributed by atoms with Crippen LogP contribution in [0.3, 0.4) is 0 Å². The molecule has 1 aromatic heterocycles. The van der Waals surface area contributed by atoms with Crippen molar-refractivity contribution in [2.75, 3.05) is 13.2 Å². The summed E-state index contributed by atoms with van der Waals surface area (Å²) in [5.74, 6) is 2.62. The van der Waals surface area contributed by atoms with Crippen LogP contribution in [0.2, 0.25) is 0 Å². The van der Waals surface area contributed by atoms with E-state index in [1.807, 2.05) is 74.5 Å². The van der Waals surface area contributed by atoms with E-state index in [1.165, 1.54) is 0 Å². The summed E-state index contributed by atoms with van der Waals surface area (Å²) in [6.07, 6.45) is 3.37. The minimum Gasteiger partial charge on any atom is -0.490 e. The van der Waals surface area contributed by atoms with Gasteiger partial charge in [-0.05, 0) is 53.8 Å². The van der Waals surface area contributed by atoms with Gasteiger partial charge in [-0.15, -0.1) is 0 Å². The summed E-state index contributed by atoms with van der Waals surface area (Å²) < 4.78 is 23.9. The van der Waals surface area contributed by atoms with Crippen LogP contribution < -0.4 is 19.6 Å². The first-order valence-electron chi connectivity index (χ1n) is 11.9. The minimum atomic E-state index is -0.0699. The lowest BCUT2D eigenvalue weighted by Gasteiger charge is -2.14. The third-order valence-electron chi connectivity index (χ3n) is 6.28. The van der Waals surface area contributed by atoms with Gasteiger partial charge >= 0.3 is 0 Å². The molecule has 35 heavy (non-hydrogen) atoms. The van der Waals surface area contributed by atoms with Crippen molar-refractivity contribution in [1.29, 1.82) is 0 Å². The SMILES string of the molecule is C=Cc1ccc(COc2cc3oc(C)c(-c4ccc5c(c4)OCCCO5)c(=O)c3cc2CC)cc1. The second kappa shape index (κ2) is 9.71. The molecule has 0 saturated heterocycles. The lowest BCUT2D eigenvalue weighted by atomic mass is 10.0. The molecule has 0 N–H and O–H groups in total. The quantitative estimate of drug-likeness (QED) is 0.315. The normalized spacial score (nSPS) is 12.9. The number of fused-ring (bicyclic) bond motifs is 2. The van der Waals surface area contributed by atoms with E-state index in [4.69, 9.17) is 18.6 Å². The van der Waals surface area contributed by atoms with E-state index in [0.29, 0.717) is 53.6 Å². The fourth-order valence-corrected chi connectivity index (χ4v) is 4.35. The molecular weight excluding hydrogens is 440 g/mol. The largest absolute Gasteiger partial charge is 0.490 e. The van der Waals surface area contributed by atoms with E-state index in [2.05, 4.69) is 6.58 Å². The predicted octanol–water partition coefficient (Wildman–Crippen LogP) is 6.71. The van der Waals surface area contributed by atoms with Crippen LogP contribution in [0.15, 0.2) is 70.4 Å². The van der Waals surface area contributed by atoms with Gasteiger partial charge in [0.1, 0.15) is 23.7 Å². The number of hydrogen-bond acceptors (Lipinski definition) is 5. The van der Waals surface area contributed by atoms with E-state index < -0.39 is 0 Å². The average molecular weight is 469 g/mol. The van der Waals surface area contributed by atoms with E-state index in [-0.39, 0.29) is 5.43 Å². The van der Waals surface area contributed by atoms with Crippen LogP contribution in [0.25, 0.3) is 28.2 Å². The highest BCUT2D eigenvalue weighted by atomic mass is 16.5. The predicted molar refractivity (Wildman–Crippen MR) is 139 cm³/mol. The Kier molecular flexibility index (Phi) is 6.32. The van der Waals surface area contributed by atoms with Crippen molar-refractivity contribution in [3.63, 3.8) is 0 Å². The highest BCUT2D eigenvalue weighted by molar-refractivity contribution is 5.85. The Morgan fingerprint density at radius 2 is 1.77 bits per heavy atom. The average Bonchev–Trinajstić information content (AvgIpc) is 3.12. The summed E-state index contributed by atoms with van der Waals surface area (Å²) >= 11 is 0. The van der Waals surface area contributed by atoms with Crippen LogP contribution in [0.5, 0.6) is 17.2 Å². The topological polar surface area (TPSA) is 57.9 Å². The van der Waals surface area contributed by atoms with Gasteiger partial charge in [-0.1, -0.05) is 49.9 Å². The molecule has 0 radical (unpaired) electrons. The Labute approximate surface area is 204 Å². The molecule has 5 nitrogen and oxygen atoms in total. The van der Waals surface area contributed by atoms with Gasteiger partial charge in [-0.3, -0.25) is 4.79 Å². The highest BCUT2D eigenvalue weighted by Crippen LogP contribution is 2.36. The third kappa shape index (κ3) is 4.54. The van der Waals surface area contributed by atoms with E-state index in [9.17, 15) is 4.79 Å². The molecule has 0 bridgehead atoms. The zero-order chi connectivity index (χ0) is 24.4. The van der Waals surface area contributed by atoms with Crippen molar-refractivity contribution < 1.29 is 18.6 Å². The van der Waals surface area contributed by atoms with Crippen LogP contribution >= 0.6 is 0 Å². The maximum absolute atomic E-state index is 13.6. The Bertz CT molecular complexity index is 1450. The number of aryl methyl sites for hydroxylation is 2. The standard InChI is InChI=1S/C30H28O5/c1-4-20-7-9-21(10-8-20)18-34-26-17-27-24(15-22(26)5-2)30(31)29(19(3)35-27)23-11-12-25-28(16-23)33-14-6-13-32-25/h4,7-12,15-17H,1,5-6,13-14,18H2,2-3H3.